The van der Waals surface area contributed by atoms with Crippen molar-refractivity contribution in [3.05, 3.63) is 12.2 Å². The second-order valence-corrected chi connectivity index (χ2v) is 16.9. The molecule has 0 radical (unpaired) electrons. The maximum atomic E-state index is 11.8. The van der Waals surface area contributed by atoms with Crippen LogP contribution < -0.4 is 0 Å². The van der Waals surface area contributed by atoms with Gasteiger partial charge in [-0.3, -0.25) is 4.79 Å². The molecule has 1 N–H and O–H groups in total. The molecule has 0 aliphatic rings. The van der Waals surface area contributed by atoms with Gasteiger partial charge in [-0.2, -0.15) is 0 Å². The molecule has 0 aromatic carbocycles. The molecule has 0 bridgehead atoms. The highest BCUT2D eigenvalue weighted by Gasteiger charge is 2.45. The molecule has 0 aromatic rings. The summed E-state index contributed by atoms with van der Waals surface area (Å²) in [5.41, 5.74) is -0.110. The Labute approximate surface area is 196 Å². The van der Waals surface area contributed by atoms with Crippen LogP contribution in [0, 0.1) is 0 Å². The van der Waals surface area contributed by atoms with Gasteiger partial charge in [0.1, 0.15) is 0 Å². The zero-order chi connectivity index (χ0) is 23.6. The van der Waals surface area contributed by atoms with E-state index in [1.807, 2.05) is 0 Å². The molecule has 0 spiro atoms. The highest BCUT2D eigenvalue weighted by Crippen LogP contribution is 2.45. The Hall–Kier alpha value is -0.573. The van der Waals surface area contributed by atoms with Crippen molar-refractivity contribution < 1.29 is 9.90 Å². The van der Waals surface area contributed by atoms with Gasteiger partial charge in [-0.05, 0) is 37.1 Å². The summed E-state index contributed by atoms with van der Waals surface area (Å²) in [6.07, 6.45) is 26.7. The number of carboxylic acid groups (broad SMARTS) is 1. The minimum Gasteiger partial charge on any atom is -0.481 e. The van der Waals surface area contributed by atoms with Crippen molar-refractivity contribution in [2.45, 2.75) is 161 Å². The lowest BCUT2D eigenvalue weighted by molar-refractivity contribution is -0.137. The monoisotopic (exact) mass is 452 g/mol. The number of carbonyl (C=O) groups is 1. The molecule has 0 fully saturated rings. The molecule has 1 unspecified atom stereocenters. The molecular weight excluding hydrogens is 396 g/mol. The number of allylic oxidation sites excluding steroid dienone is 2. The predicted octanol–water partition coefficient (Wildman–Crippen LogP) is 10.2. The van der Waals surface area contributed by atoms with Crippen LogP contribution in [0.5, 0.6) is 0 Å². The second-order valence-electron chi connectivity index (χ2n) is 11.3. The lowest BCUT2D eigenvalue weighted by Gasteiger charge is -2.41. The first-order valence-corrected chi connectivity index (χ1v) is 16.6. The van der Waals surface area contributed by atoms with Gasteiger partial charge in [-0.1, -0.05) is 130 Å². The Bertz CT molecular complexity index is 462. The number of carboxylic acids is 1. The van der Waals surface area contributed by atoms with Gasteiger partial charge in [-0.15, -0.1) is 0 Å². The van der Waals surface area contributed by atoms with Crippen LogP contribution in [0.1, 0.15) is 137 Å². The molecule has 0 saturated heterocycles. The second kappa shape index (κ2) is 17.9. The number of rotatable bonds is 20. The molecule has 31 heavy (non-hydrogen) atoms. The SMILES string of the molecule is CCCCCCCC/C=C\CCCCCCCCCCC(C(=O)O)[Si](C)(C)C(C)(C)C. The summed E-state index contributed by atoms with van der Waals surface area (Å²) in [5.74, 6) is -0.562. The summed E-state index contributed by atoms with van der Waals surface area (Å²) in [6.45, 7) is 13.5. The van der Waals surface area contributed by atoms with Crippen molar-refractivity contribution >= 4 is 14.0 Å². The van der Waals surface area contributed by atoms with Crippen LogP contribution in [-0.2, 0) is 4.79 Å². The summed E-state index contributed by atoms with van der Waals surface area (Å²) in [4.78, 5) is 11.8. The Morgan fingerprint density at radius 3 is 1.52 bits per heavy atom. The van der Waals surface area contributed by atoms with Gasteiger partial charge < -0.3 is 5.11 Å². The van der Waals surface area contributed by atoms with Gasteiger partial charge in [0.2, 0.25) is 0 Å². The fourth-order valence-corrected chi connectivity index (χ4v) is 6.85. The van der Waals surface area contributed by atoms with E-state index in [1.165, 1.54) is 96.3 Å². The molecule has 0 amide bonds. The molecular formula is C28H56O2Si. The van der Waals surface area contributed by atoms with Crippen LogP contribution in [0.4, 0.5) is 0 Å². The summed E-state index contributed by atoms with van der Waals surface area (Å²) in [5, 5.41) is 9.88. The standard InChI is InChI=1S/C28H56O2Si/c1-7-8-9-10-11-12-13-14-15-16-17-18-19-20-21-22-23-24-25-26(27(29)30)31(5,6)28(2,3)4/h14-15,26H,7-13,16-25H2,1-6H3,(H,29,30)/b15-14-. The van der Waals surface area contributed by atoms with Gasteiger partial charge >= 0.3 is 5.97 Å². The predicted molar refractivity (Wildman–Crippen MR) is 142 cm³/mol. The van der Waals surface area contributed by atoms with E-state index in [0.717, 1.165) is 12.8 Å². The van der Waals surface area contributed by atoms with E-state index >= 15 is 0 Å². The van der Waals surface area contributed by atoms with Crippen LogP contribution in [0.25, 0.3) is 0 Å². The van der Waals surface area contributed by atoms with E-state index in [-0.39, 0.29) is 10.6 Å². The van der Waals surface area contributed by atoms with Crippen LogP contribution in [0.15, 0.2) is 12.2 Å². The van der Waals surface area contributed by atoms with Crippen molar-refractivity contribution in [1.82, 2.24) is 0 Å². The third-order valence-electron chi connectivity index (χ3n) is 7.61. The van der Waals surface area contributed by atoms with Crippen LogP contribution >= 0.6 is 0 Å². The zero-order valence-corrected chi connectivity index (χ0v) is 23.1. The van der Waals surface area contributed by atoms with E-state index in [1.54, 1.807) is 0 Å². The largest absolute Gasteiger partial charge is 0.481 e. The molecule has 1 atom stereocenters. The van der Waals surface area contributed by atoms with E-state index in [4.69, 9.17) is 0 Å². The number of unbranched alkanes of at least 4 members (excludes halogenated alkanes) is 14. The van der Waals surface area contributed by atoms with Crippen molar-refractivity contribution in [3.8, 4) is 0 Å². The van der Waals surface area contributed by atoms with Gasteiger partial charge in [-0.25, -0.2) is 0 Å². The maximum absolute atomic E-state index is 11.8. The lowest BCUT2D eigenvalue weighted by atomic mass is 10.1. The Kier molecular flexibility index (Phi) is 17.6. The Morgan fingerprint density at radius 2 is 1.13 bits per heavy atom. The van der Waals surface area contributed by atoms with Crippen molar-refractivity contribution in [1.29, 1.82) is 0 Å². The van der Waals surface area contributed by atoms with Gasteiger partial charge in [0.05, 0.1) is 13.6 Å². The van der Waals surface area contributed by atoms with Crippen LogP contribution in [-0.4, -0.2) is 19.1 Å². The van der Waals surface area contributed by atoms with E-state index in [0.29, 0.717) is 0 Å². The highest BCUT2D eigenvalue weighted by molar-refractivity contribution is 6.84. The Morgan fingerprint density at radius 1 is 0.742 bits per heavy atom. The topological polar surface area (TPSA) is 37.3 Å². The molecule has 3 heteroatoms. The van der Waals surface area contributed by atoms with E-state index in [9.17, 15) is 9.90 Å². The maximum Gasteiger partial charge on any atom is 0.303 e. The van der Waals surface area contributed by atoms with Gasteiger partial charge in [0.15, 0.2) is 0 Å². The molecule has 184 valence electrons. The highest BCUT2D eigenvalue weighted by atomic mass is 28.3. The fraction of sp³-hybridized carbons (Fsp3) is 0.893. The Balaban J connectivity index is 3.61. The summed E-state index contributed by atoms with van der Waals surface area (Å²) in [6, 6.07) is 0. The fourth-order valence-electron chi connectivity index (χ4n) is 4.27. The summed E-state index contributed by atoms with van der Waals surface area (Å²) < 4.78 is 0. The molecule has 0 rings (SSSR count). The number of hydrogen-bond donors (Lipinski definition) is 1. The third-order valence-corrected chi connectivity index (χ3v) is 13.8. The van der Waals surface area contributed by atoms with Gasteiger partial charge in [0.25, 0.3) is 0 Å². The minimum atomic E-state index is -1.81. The average Bonchev–Trinajstić information content (AvgIpc) is 2.68. The average molecular weight is 453 g/mol. The summed E-state index contributed by atoms with van der Waals surface area (Å²) in [7, 11) is -1.81. The zero-order valence-electron chi connectivity index (χ0n) is 22.1. The normalized spacial score (nSPS) is 13.7. The number of aliphatic carboxylic acids is 1. The van der Waals surface area contributed by atoms with E-state index in [2.05, 4.69) is 52.9 Å². The van der Waals surface area contributed by atoms with E-state index < -0.39 is 14.0 Å². The smallest absolute Gasteiger partial charge is 0.303 e. The minimum absolute atomic E-state index is 0.110. The quantitative estimate of drug-likeness (QED) is 0.113. The van der Waals surface area contributed by atoms with Crippen LogP contribution in [0.2, 0.25) is 23.7 Å². The molecule has 0 aliphatic heterocycles. The lowest BCUT2D eigenvalue weighted by Crippen LogP contribution is -2.45. The van der Waals surface area contributed by atoms with Gasteiger partial charge in [0, 0.05) is 0 Å². The first kappa shape index (κ1) is 30.4. The molecule has 0 aromatic heterocycles. The number of hydrogen-bond acceptors (Lipinski definition) is 1. The molecule has 0 heterocycles. The molecule has 0 saturated carbocycles. The van der Waals surface area contributed by atoms with Crippen molar-refractivity contribution in [2.75, 3.05) is 0 Å². The van der Waals surface area contributed by atoms with Crippen LogP contribution in [0.3, 0.4) is 0 Å². The molecule has 0 aliphatic carbocycles. The van der Waals surface area contributed by atoms with Crippen molar-refractivity contribution in [3.63, 3.8) is 0 Å². The first-order valence-electron chi connectivity index (χ1n) is 13.5. The first-order chi connectivity index (χ1) is 14.6. The summed E-state index contributed by atoms with van der Waals surface area (Å²) >= 11 is 0. The molecule has 2 nitrogen and oxygen atoms in total. The third kappa shape index (κ3) is 15.0. The van der Waals surface area contributed by atoms with Crippen molar-refractivity contribution in [2.24, 2.45) is 0 Å².